The lowest BCUT2D eigenvalue weighted by Crippen LogP contribution is -2.52. The third-order valence-electron chi connectivity index (χ3n) is 6.30. The topological polar surface area (TPSA) is 23.5 Å². The lowest BCUT2D eigenvalue weighted by atomic mass is 9.66. The highest BCUT2D eigenvalue weighted by Gasteiger charge is 2.52. The van der Waals surface area contributed by atoms with E-state index in [1.807, 2.05) is 0 Å². The number of fused-ring (bicyclic) bond motifs is 1. The summed E-state index contributed by atoms with van der Waals surface area (Å²) in [5.74, 6) is 2.22. The van der Waals surface area contributed by atoms with Crippen LogP contribution in [0.4, 0.5) is 0 Å². The Balaban J connectivity index is 1.74. The third kappa shape index (κ3) is 2.02. The first-order chi connectivity index (χ1) is 8.61. The number of nitrogens with zero attached hydrogens (tertiary/aromatic N) is 1. The first kappa shape index (κ1) is 12.9. The van der Waals surface area contributed by atoms with E-state index >= 15 is 0 Å². The molecular weight excluding hydrogens is 222 g/mol. The molecule has 0 aromatic heterocycles. The van der Waals surface area contributed by atoms with Crippen molar-refractivity contribution in [3.8, 4) is 0 Å². The van der Waals surface area contributed by atoms with Gasteiger partial charge in [-0.25, -0.2) is 0 Å². The van der Waals surface area contributed by atoms with Gasteiger partial charge in [0, 0.05) is 12.6 Å². The quantitative estimate of drug-likeness (QED) is 0.774. The Morgan fingerprint density at radius 2 is 1.83 bits per heavy atom. The second-order valence-corrected chi connectivity index (χ2v) is 7.25. The molecule has 1 N–H and O–H groups in total. The predicted molar refractivity (Wildman–Crippen MR) is 74.4 cm³/mol. The van der Waals surface area contributed by atoms with Gasteiger partial charge in [-0.1, -0.05) is 26.7 Å². The van der Waals surface area contributed by atoms with Gasteiger partial charge in [-0.2, -0.15) is 0 Å². The van der Waals surface area contributed by atoms with Crippen LogP contribution in [0.3, 0.4) is 0 Å². The van der Waals surface area contributed by atoms with E-state index in [2.05, 4.69) is 18.7 Å². The normalized spacial score (nSPS) is 50.2. The van der Waals surface area contributed by atoms with Crippen molar-refractivity contribution in [3.05, 3.63) is 0 Å². The molecule has 3 rings (SSSR count). The van der Waals surface area contributed by atoms with Gasteiger partial charge >= 0.3 is 0 Å². The molecule has 2 nitrogen and oxygen atoms in total. The molecule has 3 fully saturated rings. The molecule has 1 aliphatic carbocycles. The summed E-state index contributed by atoms with van der Waals surface area (Å²) in [4.78, 5) is 2.58. The van der Waals surface area contributed by atoms with Crippen LogP contribution in [0.25, 0.3) is 0 Å². The van der Waals surface area contributed by atoms with Gasteiger partial charge in [0.15, 0.2) is 0 Å². The zero-order valence-electron chi connectivity index (χ0n) is 12.1. The Bertz CT molecular complexity index is 305. The second kappa shape index (κ2) is 4.79. The van der Waals surface area contributed by atoms with Gasteiger partial charge in [-0.3, -0.25) is 4.90 Å². The van der Waals surface area contributed by atoms with Crippen LogP contribution in [0.1, 0.15) is 58.8 Å². The van der Waals surface area contributed by atoms with Gasteiger partial charge in [-0.05, 0) is 56.4 Å². The van der Waals surface area contributed by atoms with Crippen molar-refractivity contribution in [1.29, 1.82) is 0 Å². The number of aliphatic hydroxyl groups is 1. The molecule has 2 saturated heterocycles. The van der Waals surface area contributed by atoms with Crippen molar-refractivity contribution in [1.82, 2.24) is 4.90 Å². The van der Waals surface area contributed by atoms with Gasteiger partial charge in [-0.15, -0.1) is 0 Å². The molecule has 0 spiro atoms. The first-order valence-electron chi connectivity index (χ1n) is 8.07. The summed E-state index contributed by atoms with van der Waals surface area (Å²) in [5.41, 5.74) is -0.352. The van der Waals surface area contributed by atoms with E-state index in [4.69, 9.17) is 0 Å². The van der Waals surface area contributed by atoms with E-state index < -0.39 is 0 Å². The number of hydrogen-bond acceptors (Lipinski definition) is 2. The van der Waals surface area contributed by atoms with Crippen molar-refractivity contribution >= 4 is 0 Å². The molecule has 3 aliphatic rings. The molecule has 0 bridgehead atoms. The molecule has 2 aliphatic heterocycles. The molecule has 5 unspecified atom stereocenters. The van der Waals surface area contributed by atoms with Crippen LogP contribution >= 0.6 is 0 Å². The molecule has 1 saturated carbocycles. The summed E-state index contributed by atoms with van der Waals surface area (Å²) in [5, 5.41) is 11.3. The van der Waals surface area contributed by atoms with Crippen LogP contribution in [0, 0.1) is 17.8 Å². The van der Waals surface area contributed by atoms with Crippen LogP contribution in [0.2, 0.25) is 0 Å². The molecule has 2 heteroatoms. The maximum Gasteiger partial charge on any atom is 0.0842 e. The van der Waals surface area contributed by atoms with Crippen LogP contribution in [-0.2, 0) is 0 Å². The summed E-state index contributed by atoms with van der Waals surface area (Å²) in [6.45, 7) is 7.13. The minimum atomic E-state index is -0.352. The Hall–Kier alpha value is -0.0800. The minimum Gasteiger partial charge on any atom is -0.388 e. The Labute approximate surface area is 112 Å². The molecule has 18 heavy (non-hydrogen) atoms. The summed E-state index contributed by atoms with van der Waals surface area (Å²) in [6, 6.07) is 0.483. The van der Waals surface area contributed by atoms with Crippen molar-refractivity contribution in [2.45, 2.75) is 70.4 Å². The maximum absolute atomic E-state index is 11.3. The average Bonchev–Trinajstić information content (AvgIpc) is 2.73. The molecule has 2 heterocycles. The maximum atomic E-state index is 11.3. The van der Waals surface area contributed by atoms with Gasteiger partial charge in [0.1, 0.15) is 0 Å². The van der Waals surface area contributed by atoms with Crippen LogP contribution < -0.4 is 0 Å². The van der Waals surface area contributed by atoms with E-state index in [-0.39, 0.29) is 5.60 Å². The standard InChI is InChI=1S/C16H29NO/c1-12-6-7-14(11-13(12)2)16(18)8-10-17-9-4-3-5-15(16)17/h12-15,18H,3-11H2,1-2H3. The highest BCUT2D eigenvalue weighted by molar-refractivity contribution is 5.05. The van der Waals surface area contributed by atoms with Gasteiger partial charge < -0.3 is 5.11 Å². The molecule has 104 valence electrons. The molecule has 5 atom stereocenters. The molecule has 0 aromatic rings. The van der Waals surface area contributed by atoms with Crippen molar-refractivity contribution in [2.24, 2.45) is 17.8 Å². The third-order valence-corrected chi connectivity index (χ3v) is 6.30. The van der Waals surface area contributed by atoms with Crippen molar-refractivity contribution in [2.75, 3.05) is 13.1 Å². The SMILES string of the molecule is CC1CCC(C2(O)CCN3CCCCC32)CC1C. The van der Waals surface area contributed by atoms with Crippen LogP contribution in [0.5, 0.6) is 0 Å². The number of piperidine rings is 1. The Kier molecular flexibility index (Phi) is 3.44. The lowest BCUT2D eigenvalue weighted by Gasteiger charge is -2.45. The Morgan fingerprint density at radius 1 is 1.00 bits per heavy atom. The second-order valence-electron chi connectivity index (χ2n) is 7.25. The monoisotopic (exact) mass is 251 g/mol. The summed E-state index contributed by atoms with van der Waals surface area (Å²) < 4.78 is 0. The largest absolute Gasteiger partial charge is 0.388 e. The Morgan fingerprint density at radius 3 is 2.61 bits per heavy atom. The van der Waals surface area contributed by atoms with E-state index in [9.17, 15) is 5.11 Å². The van der Waals surface area contributed by atoms with Crippen LogP contribution in [-0.4, -0.2) is 34.7 Å². The molecule has 0 radical (unpaired) electrons. The molecule has 0 aromatic carbocycles. The lowest BCUT2D eigenvalue weighted by molar-refractivity contribution is -0.0776. The summed E-state index contributed by atoms with van der Waals surface area (Å²) >= 11 is 0. The van der Waals surface area contributed by atoms with E-state index in [1.165, 1.54) is 45.1 Å². The first-order valence-corrected chi connectivity index (χ1v) is 8.07. The van der Waals surface area contributed by atoms with Crippen molar-refractivity contribution in [3.63, 3.8) is 0 Å². The summed E-state index contributed by atoms with van der Waals surface area (Å²) in [6.07, 6.45) is 8.75. The van der Waals surface area contributed by atoms with E-state index in [0.717, 1.165) is 24.8 Å². The van der Waals surface area contributed by atoms with Gasteiger partial charge in [0.25, 0.3) is 0 Å². The zero-order valence-corrected chi connectivity index (χ0v) is 12.1. The fourth-order valence-electron chi connectivity index (χ4n) is 4.79. The fourth-order valence-corrected chi connectivity index (χ4v) is 4.79. The van der Waals surface area contributed by atoms with Gasteiger partial charge in [0.2, 0.25) is 0 Å². The highest BCUT2D eigenvalue weighted by atomic mass is 16.3. The number of hydrogen-bond donors (Lipinski definition) is 1. The van der Waals surface area contributed by atoms with Gasteiger partial charge in [0.05, 0.1) is 5.60 Å². The predicted octanol–water partition coefficient (Wildman–Crippen LogP) is 3.05. The molecular formula is C16H29NO. The highest BCUT2D eigenvalue weighted by Crippen LogP contribution is 2.47. The smallest absolute Gasteiger partial charge is 0.0842 e. The van der Waals surface area contributed by atoms with E-state index in [1.54, 1.807) is 0 Å². The van der Waals surface area contributed by atoms with Crippen molar-refractivity contribution < 1.29 is 5.11 Å². The molecule has 0 amide bonds. The van der Waals surface area contributed by atoms with E-state index in [0.29, 0.717) is 12.0 Å². The van der Waals surface area contributed by atoms with Crippen LogP contribution in [0.15, 0.2) is 0 Å². The fraction of sp³-hybridized carbons (Fsp3) is 1.00. The average molecular weight is 251 g/mol. The number of rotatable bonds is 1. The zero-order chi connectivity index (χ0) is 12.8. The summed E-state index contributed by atoms with van der Waals surface area (Å²) in [7, 11) is 0. The minimum absolute atomic E-state index is 0.352.